The number of amides is 2. The zero-order valence-corrected chi connectivity index (χ0v) is 13.3. The lowest BCUT2D eigenvalue weighted by Gasteiger charge is -2.03. The molecule has 0 bridgehead atoms. The summed E-state index contributed by atoms with van der Waals surface area (Å²) >= 11 is 0.766. The largest absolute Gasteiger partial charge is 0.326 e. The molecule has 0 radical (unpaired) electrons. The number of aromatic nitrogens is 2. The highest BCUT2D eigenvalue weighted by molar-refractivity contribution is 7.93. The van der Waals surface area contributed by atoms with Crippen molar-refractivity contribution in [2.45, 2.75) is 23.1 Å². The highest BCUT2D eigenvalue weighted by atomic mass is 32.2. The van der Waals surface area contributed by atoms with Gasteiger partial charge in [0.2, 0.25) is 31.1 Å². The maximum Gasteiger partial charge on any atom is 0.239 e. The number of hydrogen-bond acceptors (Lipinski definition) is 7. The molecule has 1 aromatic heterocycles. The van der Waals surface area contributed by atoms with E-state index in [-0.39, 0.29) is 26.2 Å². The van der Waals surface area contributed by atoms with Gasteiger partial charge in [0.15, 0.2) is 0 Å². The molecule has 2 rings (SSSR count). The molecule has 8 nitrogen and oxygen atoms in total. The molecule has 1 heterocycles. The third-order valence-corrected chi connectivity index (χ3v) is 5.38. The third kappa shape index (κ3) is 3.65. The van der Waals surface area contributed by atoms with E-state index in [9.17, 15) is 18.0 Å². The number of benzene rings is 1. The summed E-state index contributed by atoms with van der Waals surface area (Å²) in [6, 6.07) is 5.67. The van der Waals surface area contributed by atoms with Gasteiger partial charge in [0.1, 0.15) is 0 Å². The van der Waals surface area contributed by atoms with Crippen LogP contribution in [0.15, 0.2) is 33.5 Å². The van der Waals surface area contributed by atoms with E-state index in [0.29, 0.717) is 5.69 Å². The molecule has 0 spiro atoms. The summed E-state index contributed by atoms with van der Waals surface area (Å²) in [6.45, 7) is 2.64. The van der Waals surface area contributed by atoms with Crippen molar-refractivity contribution in [1.29, 1.82) is 0 Å². The second-order valence-corrected chi connectivity index (χ2v) is 7.36. The van der Waals surface area contributed by atoms with Gasteiger partial charge in [-0.15, -0.1) is 10.2 Å². The predicted octanol–water partition coefficient (Wildman–Crippen LogP) is 1.29. The minimum Gasteiger partial charge on any atom is -0.326 e. The smallest absolute Gasteiger partial charge is 0.239 e. The molecule has 0 fully saturated rings. The van der Waals surface area contributed by atoms with E-state index in [0.717, 1.165) is 11.3 Å². The molecule has 2 aromatic rings. The lowest BCUT2D eigenvalue weighted by atomic mass is 10.3. The van der Waals surface area contributed by atoms with E-state index in [2.05, 4.69) is 20.8 Å². The Bertz CT molecular complexity index is 812. The number of rotatable bonds is 4. The van der Waals surface area contributed by atoms with Crippen LogP contribution in [0.1, 0.15) is 13.8 Å². The summed E-state index contributed by atoms with van der Waals surface area (Å²) in [7, 11) is -3.82. The molecule has 10 heteroatoms. The molecule has 0 aliphatic carbocycles. The summed E-state index contributed by atoms with van der Waals surface area (Å²) < 4.78 is 24.5. The molecule has 1 aromatic carbocycles. The van der Waals surface area contributed by atoms with Gasteiger partial charge < -0.3 is 10.6 Å². The molecule has 0 unspecified atom stereocenters. The first kappa shape index (κ1) is 16.0. The predicted molar refractivity (Wildman–Crippen MR) is 80.4 cm³/mol. The molecule has 22 heavy (non-hydrogen) atoms. The van der Waals surface area contributed by atoms with E-state index in [1.807, 2.05) is 0 Å². The Hall–Kier alpha value is -2.33. The van der Waals surface area contributed by atoms with E-state index >= 15 is 0 Å². The quantitative estimate of drug-likeness (QED) is 0.810. The average molecular weight is 340 g/mol. The van der Waals surface area contributed by atoms with Crippen molar-refractivity contribution in [3.05, 3.63) is 24.3 Å². The van der Waals surface area contributed by atoms with Crippen LogP contribution in [0.5, 0.6) is 0 Å². The van der Waals surface area contributed by atoms with Gasteiger partial charge in [-0.3, -0.25) is 9.59 Å². The van der Waals surface area contributed by atoms with Crippen LogP contribution in [0, 0.1) is 0 Å². The number of nitrogens with one attached hydrogen (secondary N) is 2. The third-order valence-electron chi connectivity index (χ3n) is 2.40. The van der Waals surface area contributed by atoms with E-state index in [4.69, 9.17) is 0 Å². The molecule has 116 valence electrons. The number of anilines is 2. The van der Waals surface area contributed by atoms with Crippen LogP contribution in [0.2, 0.25) is 0 Å². The van der Waals surface area contributed by atoms with Gasteiger partial charge in [0.05, 0.1) is 4.90 Å². The Kier molecular flexibility index (Phi) is 4.52. The molecular weight excluding hydrogens is 328 g/mol. The monoisotopic (exact) mass is 340 g/mol. The summed E-state index contributed by atoms with van der Waals surface area (Å²) in [5.74, 6) is -0.612. The Morgan fingerprint density at radius 1 is 1.00 bits per heavy atom. The van der Waals surface area contributed by atoms with Gasteiger partial charge >= 0.3 is 0 Å². The number of sulfone groups is 1. The van der Waals surface area contributed by atoms with Gasteiger partial charge in [-0.2, -0.15) is 0 Å². The SMILES string of the molecule is CC(=O)Nc1ccc(S(=O)(=O)c2nnc(NC(C)=O)s2)cc1. The molecule has 0 saturated heterocycles. The minimum atomic E-state index is -3.82. The molecule has 0 saturated carbocycles. The lowest BCUT2D eigenvalue weighted by Crippen LogP contribution is -2.06. The summed E-state index contributed by atoms with van der Waals surface area (Å²) in [6.07, 6.45) is 0. The topological polar surface area (TPSA) is 118 Å². The van der Waals surface area contributed by atoms with Crippen LogP contribution in [-0.2, 0) is 19.4 Å². The first-order chi connectivity index (χ1) is 10.3. The maximum atomic E-state index is 12.4. The van der Waals surface area contributed by atoms with Crippen LogP contribution < -0.4 is 10.6 Å². The molecule has 0 aliphatic heterocycles. The summed E-state index contributed by atoms with van der Waals surface area (Å²) in [5.41, 5.74) is 0.489. The van der Waals surface area contributed by atoms with E-state index < -0.39 is 9.84 Å². The standard InChI is InChI=1S/C12H12N4O4S2/c1-7(17)13-9-3-5-10(6-4-9)22(19,20)12-16-15-11(21-12)14-8(2)18/h3-6H,1-2H3,(H,13,17)(H,14,15,18). The second-order valence-electron chi connectivity index (χ2n) is 4.26. The van der Waals surface area contributed by atoms with Gasteiger partial charge in [0.25, 0.3) is 0 Å². The Morgan fingerprint density at radius 2 is 1.59 bits per heavy atom. The van der Waals surface area contributed by atoms with Crippen molar-refractivity contribution >= 4 is 43.8 Å². The van der Waals surface area contributed by atoms with Crippen LogP contribution >= 0.6 is 11.3 Å². The number of carbonyl (C=O) groups excluding carboxylic acids is 2. The molecule has 2 N–H and O–H groups in total. The number of carbonyl (C=O) groups is 2. The van der Waals surface area contributed by atoms with Crippen LogP contribution in [0.25, 0.3) is 0 Å². The highest BCUT2D eigenvalue weighted by Gasteiger charge is 2.23. The lowest BCUT2D eigenvalue weighted by molar-refractivity contribution is -0.115. The molecule has 0 aliphatic rings. The summed E-state index contributed by atoms with van der Waals surface area (Å²) in [5, 5.41) is 12.2. The normalized spacial score (nSPS) is 11.0. The Morgan fingerprint density at radius 3 is 2.14 bits per heavy atom. The van der Waals surface area contributed by atoms with Crippen molar-refractivity contribution in [2.75, 3.05) is 10.6 Å². The van der Waals surface area contributed by atoms with Crippen molar-refractivity contribution in [3.8, 4) is 0 Å². The first-order valence-corrected chi connectivity index (χ1v) is 8.33. The molecular formula is C12H12N4O4S2. The number of hydrogen-bond donors (Lipinski definition) is 2. The fourth-order valence-corrected chi connectivity index (χ4v) is 3.87. The Labute approximate surface area is 130 Å². The fourth-order valence-electron chi connectivity index (χ4n) is 1.54. The summed E-state index contributed by atoms with van der Waals surface area (Å²) in [4.78, 5) is 21.9. The fraction of sp³-hybridized carbons (Fsp3) is 0.167. The molecule has 2 amide bonds. The second kappa shape index (κ2) is 6.20. The van der Waals surface area contributed by atoms with Crippen LogP contribution in [0.3, 0.4) is 0 Å². The van der Waals surface area contributed by atoms with Crippen molar-refractivity contribution in [2.24, 2.45) is 0 Å². The van der Waals surface area contributed by atoms with E-state index in [1.165, 1.54) is 38.1 Å². The van der Waals surface area contributed by atoms with Crippen molar-refractivity contribution in [1.82, 2.24) is 10.2 Å². The average Bonchev–Trinajstić information content (AvgIpc) is 2.87. The maximum absolute atomic E-state index is 12.4. The van der Waals surface area contributed by atoms with Gasteiger partial charge in [-0.25, -0.2) is 8.42 Å². The van der Waals surface area contributed by atoms with Crippen molar-refractivity contribution in [3.63, 3.8) is 0 Å². The van der Waals surface area contributed by atoms with Crippen LogP contribution in [0.4, 0.5) is 10.8 Å². The Balaban J connectivity index is 2.28. The van der Waals surface area contributed by atoms with Gasteiger partial charge in [-0.05, 0) is 24.3 Å². The van der Waals surface area contributed by atoms with Crippen LogP contribution in [-0.4, -0.2) is 30.4 Å². The molecule has 0 atom stereocenters. The minimum absolute atomic E-state index is 0.0205. The van der Waals surface area contributed by atoms with Gasteiger partial charge in [0, 0.05) is 19.5 Å². The highest BCUT2D eigenvalue weighted by Crippen LogP contribution is 2.27. The van der Waals surface area contributed by atoms with E-state index in [1.54, 1.807) is 0 Å². The zero-order chi connectivity index (χ0) is 16.3. The zero-order valence-electron chi connectivity index (χ0n) is 11.7. The van der Waals surface area contributed by atoms with Crippen molar-refractivity contribution < 1.29 is 18.0 Å². The first-order valence-electron chi connectivity index (χ1n) is 6.03. The number of nitrogens with zero attached hydrogens (tertiary/aromatic N) is 2. The van der Waals surface area contributed by atoms with Gasteiger partial charge in [-0.1, -0.05) is 11.3 Å².